The molecule has 2 aliphatic rings. The summed E-state index contributed by atoms with van der Waals surface area (Å²) in [6.45, 7) is 3.00. The number of likely N-dealkylation sites (tertiary alicyclic amines) is 1. The molecule has 1 aromatic carbocycles. The molecule has 1 aliphatic heterocycles. The molecule has 1 aliphatic carbocycles. The van der Waals surface area contributed by atoms with E-state index in [9.17, 15) is 4.79 Å². The predicted octanol–water partition coefficient (Wildman–Crippen LogP) is 4.17. The van der Waals surface area contributed by atoms with Crippen LogP contribution in [0.4, 0.5) is 4.79 Å². The molecule has 1 saturated heterocycles. The number of rotatable bonds is 2. The van der Waals surface area contributed by atoms with Crippen molar-refractivity contribution >= 4 is 6.03 Å². The number of urea groups is 1. The van der Waals surface area contributed by atoms with Crippen molar-refractivity contribution in [3.8, 4) is 0 Å². The maximum absolute atomic E-state index is 12.6. The first kappa shape index (κ1) is 14.4. The Labute approximate surface area is 127 Å². The van der Waals surface area contributed by atoms with Crippen LogP contribution in [0, 0.1) is 6.92 Å². The lowest BCUT2D eigenvalue weighted by atomic mass is 9.95. The van der Waals surface area contributed by atoms with Gasteiger partial charge in [-0.2, -0.15) is 0 Å². The third-order valence-corrected chi connectivity index (χ3v) is 4.87. The molecule has 1 N–H and O–H groups in total. The van der Waals surface area contributed by atoms with E-state index in [-0.39, 0.29) is 12.1 Å². The fourth-order valence-corrected chi connectivity index (χ4v) is 3.74. The summed E-state index contributed by atoms with van der Waals surface area (Å²) in [7, 11) is 0. The van der Waals surface area contributed by atoms with Crippen molar-refractivity contribution in [2.45, 2.75) is 64.0 Å². The third-order valence-electron chi connectivity index (χ3n) is 4.87. The number of hydrogen-bond acceptors (Lipinski definition) is 1. The van der Waals surface area contributed by atoms with E-state index in [1.807, 2.05) is 4.90 Å². The topological polar surface area (TPSA) is 32.3 Å². The fraction of sp³-hybridized carbons (Fsp3) is 0.611. The highest BCUT2D eigenvalue weighted by molar-refractivity contribution is 5.75. The first-order valence-corrected chi connectivity index (χ1v) is 8.38. The highest BCUT2D eigenvalue weighted by atomic mass is 16.2. The molecule has 0 unspecified atom stereocenters. The van der Waals surface area contributed by atoms with E-state index >= 15 is 0 Å². The van der Waals surface area contributed by atoms with Crippen LogP contribution in [0.25, 0.3) is 0 Å². The highest BCUT2D eigenvalue weighted by Gasteiger charge is 2.31. The number of carbonyl (C=O) groups is 1. The molecule has 0 aromatic heterocycles. The summed E-state index contributed by atoms with van der Waals surface area (Å²) < 4.78 is 0. The smallest absolute Gasteiger partial charge is 0.318 e. The van der Waals surface area contributed by atoms with Gasteiger partial charge in [0.25, 0.3) is 0 Å². The Morgan fingerprint density at radius 3 is 2.71 bits per heavy atom. The predicted molar refractivity (Wildman–Crippen MR) is 85.3 cm³/mol. The Balaban J connectivity index is 1.67. The minimum atomic E-state index is 0.144. The number of benzene rings is 1. The van der Waals surface area contributed by atoms with Crippen LogP contribution >= 0.6 is 0 Å². The van der Waals surface area contributed by atoms with Crippen molar-refractivity contribution in [1.29, 1.82) is 0 Å². The van der Waals surface area contributed by atoms with Crippen molar-refractivity contribution in [2.24, 2.45) is 0 Å². The second-order valence-electron chi connectivity index (χ2n) is 6.55. The average Bonchev–Trinajstić information content (AvgIpc) is 2.98. The Morgan fingerprint density at radius 1 is 1.14 bits per heavy atom. The molecule has 1 atom stereocenters. The Kier molecular flexibility index (Phi) is 4.47. The summed E-state index contributed by atoms with van der Waals surface area (Å²) in [6.07, 6.45) is 8.32. The van der Waals surface area contributed by atoms with E-state index in [1.165, 1.54) is 30.4 Å². The van der Waals surface area contributed by atoms with Crippen LogP contribution in [0.5, 0.6) is 0 Å². The maximum Gasteiger partial charge on any atom is 0.318 e. The van der Waals surface area contributed by atoms with Crippen molar-refractivity contribution in [3.05, 3.63) is 35.4 Å². The molecule has 2 fully saturated rings. The molecule has 3 rings (SSSR count). The summed E-state index contributed by atoms with van der Waals surface area (Å²) in [5, 5.41) is 3.26. The first-order chi connectivity index (χ1) is 10.2. The molecule has 3 heteroatoms. The van der Waals surface area contributed by atoms with Crippen LogP contribution in [0.1, 0.15) is 62.1 Å². The summed E-state index contributed by atoms with van der Waals surface area (Å²) >= 11 is 0. The standard InChI is InChI=1S/C18H26N2O/c1-14-7-5-8-15(13-14)17-11-6-12-20(17)18(21)19-16-9-3-2-4-10-16/h5,7-8,13,16-17H,2-4,6,9-12H2,1H3,(H,19,21)/t17-/m0/s1. The molecule has 0 bridgehead atoms. The van der Waals surface area contributed by atoms with Crippen LogP contribution in [-0.2, 0) is 0 Å². The van der Waals surface area contributed by atoms with Crippen LogP contribution < -0.4 is 5.32 Å². The number of nitrogens with one attached hydrogen (secondary N) is 1. The van der Waals surface area contributed by atoms with Gasteiger partial charge in [0.2, 0.25) is 0 Å². The van der Waals surface area contributed by atoms with Crippen LogP contribution in [0.2, 0.25) is 0 Å². The zero-order chi connectivity index (χ0) is 14.7. The van der Waals surface area contributed by atoms with Gasteiger partial charge in [-0.15, -0.1) is 0 Å². The van der Waals surface area contributed by atoms with Crippen LogP contribution in [-0.4, -0.2) is 23.5 Å². The fourth-order valence-electron chi connectivity index (χ4n) is 3.74. The molecule has 2 amide bonds. The van der Waals surface area contributed by atoms with Gasteiger partial charge >= 0.3 is 6.03 Å². The number of nitrogens with zero attached hydrogens (tertiary/aromatic N) is 1. The largest absolute Gasteiger partial charge is 0.335 e. The molecule has 0 spiro atoms. The van der Waals surface area contributed by atoms with Gasteiger partial charge in [-0.1, -0.05) is 49.1 Å². The van der Waals surface area contributed by atoms with Gasteiger partial charge in [0.15, 0.2) is 0 Å². The summed E-state index contributed by atoms with van der Waals surface area (Å²) in [4.78, 5) is 14.6. The van der Waals surface area contributed by atoms with Gasteiger partial charge in [-0.25, -0.2) is 4.79 Å². The molecular weight excluding hydrogens is 260 g/mol. The molecular formula is C18H26N2O. The van der Waals surface area contributed by atoms with E-state index in [4.69, 9.17) is 0 Å². The summed E-state index contributed by atoms with van der Waals surface area (Å²) in [6, 6.07) is 9.38. The van der Waals surface area contributed by atoms with Crippen molar-refractivity contribution < 1.29 is 4.79 Å². The van der Waals surface area contributed by atoms with Gasteiger partial charge in [0, 0.05) is 12.6 Å². The van der Waals surface area contributed by atoms with E-state index in [0.29, 0.717) is 6.04 Å². The van der Waals surface area contributed by atoms with Crippen molar-refractivity contribution in [1.82, 2.24) is 10.2 Å². The maximum atomic E-state index is 12.6. The number of aryl methyl sites for hydroxylation is 1. The van der Waals surface area contributed by atoms with Crippen LogP contribution in [0.3, 0.4) is 0 Å². The molecule has 0 radical (unpaired) electrons. The van der Waals surface area contributed by atoms with E-state index in [1.54, 1.807) is 0 Å². The zero-order valence-electron chi connectivity index (χ0n) is 13.0. The minimum Gasteiger partial charge on any atom is -0.335 e. The number of carbonyl (C=O) groups excluding carboxylic acids is 1. The monoisotopic (exact) mass is 286 g/mol. The average molecular weight is 286 g/mol. The van der Waals surface area contributed by atoms with Crippen molar-refractivity contribution in [2.75, 3.05) is 6.54 Å². The lowest BCUT2D eigenvalue weighted by molar-refractivity contribution is 0.185. The SMILES string of the molecule is Cc1cccc([C@@H]2CCCN2C(=O)NC2CCCCC2)c1. The lowest BCUT2D eigenvalue weighted by Crippen LogP contribution is -2.45. The molecule has 1 heterocycles. The second kappa shape index (κ2) is 6.50. The van der Waals surface area contributed by atoms with Gasteiger partial charge in [-0.3, -0.25) is 0 Å². The lowest BCUT2D eigenvalue weighted by Gasteiger charge is -2.29. The van der Waals surface area contributed by atoms with Gasteiger partial charge in [0.05, 0.1) is 6.04 Å². The molecule has 21 heavy (non-hydrogen) atoms. The van der Waals surface area contributed by atoms with Crippen LogP contribution in [0.15, 0.2) is 24.3 Å². The normalized spacial score (nSPS) is 23.3. The zero-order valence-corrected chi connectivity index (χ0v) is 13.0. The second-order valence-corrected chi connectivity index (χ2v) is 6.55. The minimum absolute atomic E-state index is 0.144. The number of amides is 2. The summed E-state index contributed by atoms with van der Waals surface area (Å²) in [5.41, 5.74) is 2.55. The first-order valence-electron chi connectivity index (χ1n) is 8.38. The molecule has 1 aromatic rings. The van der Waals surface area contributed by atoms with Crippen molar-refractivity contribution in [3.63, 3.8) is 0 Å². The molecule has 3 nitrogen and oxygen atoms in total. The Bertz CT molecular complexity index is 494. The van der Waals surface area contributed by atoms with Gasteiger partial charge < -0.3 is 10.2 Å². The Morgan fingerprint density at radius 2 is 1.95 bits per heavy atom. The third kappa shape index (κ3) is 3.39. The van der Waals surface area contributed by atoms with Gasteiger partial charge in [0.1, 0.15) is 0 Å². The summed E-state index contributed by atoms with van der Waals surface area (Å²) in [5.74, 6) is 0. The molecule has 114 valence electrons. The Hall–Kier alpha value is -1.51. The number of hydrogen-bond donors (Lipinski definition) is 1. The van der Waals surface area contributed by atoms with E-state index in [0.717, 1.165) is 32.2 Å². The highest BCUT2D eigenvalue weighted by Crippen LogP contribution is 2.32. The quantitative estimate of drug-likeness (QED) is 0.869. The molecule has 1 saturated carbocycles. The van der Waals surface area contributed by atoms with Gasteiger partial charge in [-0.05, 0) is 38.2 Å². The van der Waals surface area contributed by atoms with E-state index < -0.39 is 0 Å². The van der Waals surface area contributed by atoms with E-state index in [2.05, 4.69) is 36.5 Å².